The van der Waals surface area contributed by atoms with Gasteiger partial charge in [0.1, 0.15) is 6.67 Å². The first-order valence-electron chi connectivity index (χ1n) is 4.92. The highest BCUT2D eigenvalue weighted by atomic mass is 16.4. The van der Waals surface area contributed by atoms with Gasteiger partial charge in [-0.25, -0.2) is 9.59 Å². The van der Waals surface area contributed by atoms with Crippen molar-refractivity contribution < 1.29 is 19.8 Å². The third-order valence-electron chi connectivity index (χ3n) is 2.03. The molecule has 0 spiro atoms. The van der Waals surface area contributed by atoms with E-state index >= 15 is 0 Å². The highest BCUT2D eigenvalue weighted by Crippen LogP contribution is 2.17. The molecule has 0 saturated carbocycles. The Morgan fingerprint density at radius 2 is 2.00 bits per heavy atom. The topological polar surface area (TPSA) is 123 Å². The van der Waals surface area contributed by atoms with Gasteiger partial charge >= 0.3 is 11.9 Å². The maximum absolute atomic E-state index is 10.9. The molecule has 18 heavy (non-hydrogen) atoms. The Hall–Kier alpha value is -2.64. The monoisotopic (exact) mass is 252 g/mol. The lowest BCUT2D eigenvalue weighted by molar-refractivity contribution is 0.0682. The van der Waals surface area contributed by atoms with Crippen LogP contribution in [-0.4, -0.2) is 35.9 Å². The van der Waals surface area contributed by atoms with Crippen LogP contribution in [0, 0.1) is 0 Å². The number of hydrogen-bond donors (Lipinski definition) is 4. The fourth-order valence-corrected chi connectivity index (χ4v) is 1.25. The molecular weight excluding hydrogens is 240 g/mol. The van der Waals surface area contributed by atoms with Crippen molar-refractivity contribution in [2.24, 2.45) is 10.3 Å². The summed E-state index contributed by atoms with van der Waals surface area (Å²) in [5.74, 6) is -2.28. The van der Waals surface area contributed by atoms with Gasteiger partial charge in [-0.2, -0.15) is 5.11 Å². The van der Waals surface area contributed by atoms with Gasteiger partial charge in [-0.1, -0.05) is 5.22 Å². The van der Waals surface area contributed by atoms with Crippen LogP contribution >= 0.6 is 0 Å². The summed E-state index contributed by atoms with van der Waals surface area (Å²) in [6.07, 6.45) is 0. The van der Waals surface area contributed by atoms with E-state index in [1.165, 1.54) is 25.2 Å². The van der Waals surface area contributed by atoms with Crippen LogP contribution in [0.4, 0.5) is 5.69 Å². The van der Waals surface area contributed by atoms with Gasteiger partial charge in [0.2, 0.25) is 0 Å². The van der Waals surface area contributed by atoms with Crippen molar-refractivity contribution in [3.63, 3.8) is 0 Å². The summed E-state index contributed by atoms with van der Waals surface area (Å²) >= 11 is 0. The summed E-state index contributed by atoms with van der Waals surface area (Å²) in [6, 6.07) is 3.71. The lowest BCUT2D eigenvalue weighted by Crippen LogP contribution is -2.18. The van der Waals surface area contributed by atoms with Crippen molar-refractivity contribution in [1.82, 2.24) is 5.43 Å². The summed E-state index contributed by atoms with van der Waals surface area (Å²) < 4.78 is 0. The number of aromatic carboxylic acids is 2. The van der Waals surface area contributed by atoms with Crippen LogP contribution < -0.4 is 10.7 Å². The molecule has 0 atom stereocenters. The molecule has 96 valence electrons. The SMILES string of the molecule is CN=NNCNc1cc(C(=O)O)ccc1C(=O)O. The fraction of sp³-hybridized carbons (Fsp3) is 0.200. The predicted octanol–water partition coefficient (Wildman–Crippen LogP) is 1.04. The summed E-state index contributed by atoms with van der Waals surface area (Å²) in [4.78, 5) is 21.7. The number of nitrogens with one attached hydrogen (secondary N) is 2. The molecule has 0 bridgehead atoms. The fourth-order valence-electron chi connectivity index (χ4n) is 1.25. The minimum absolute atomic E-state index is 0.000354. The van der Waals surface area contributed by atoms with Crippen molar-refractivity contribution in [2.45, 2.75) is 0 Å². The first kappa shape index (κ1) is 13.4. The Kier molecular flexibility index (Phi) is 4.61. The van der Waals surface area contributed by atoms with Crippen LogP contribution in [-0.2, 0) is 0 Å². The Morgan fingerprint density at radius 3 is 2.56 bits per heavy atom. The first-order chi connectivity index (χ1) is 8.56. The summed E-state index contributed by atoms with van der Waals surface area (Å²) in [6.45, 7) is 0.126. The molecule has 0 aliphatic rings. The summed E-state index contributed by atoms with van der Waals surface area (Å²) in [5.41, 5.74) is 2.68. The molecule has 0 fully saturated rings. The highest BCUT2D eigenvalue weighted by Gasteiger charge is 2.12. The number of rotatable bonds is 6. The number of nitrogens with zero attached hydrogens (tertiary/aromatic N) is 2. The third-order valence-corrected chi connectivity index (χ3v) is 2.03. The largest absolute Gasteiger partial charge is 0.478 e. The average molecular weight is 252 g/mol. The second kappa shape index (κ2) is 6.18. The van der Waals surface area contributed by atoms with Crippen molar-refractivity contribution in [1.29, 1.82) is 0 Å². The molecule has 0 aliphatic heterocycles. The zero-order valence-electron chi connectivity index (χ0n) is 9.54. The third kappa shape index (κ3) is 3.44. The van der Waals surface area contributed by atoms with E-state index in [4.69, 9.17) is 10.2 Å². The second-order valence-corrected chi connectivity index (χ2v) is 3.18. The van der Waals surface area contributed by atoms with E-state index in [1.54, 1.807) is 0 Å². The van der Waals surface area contributed by atoms with Crippen molar-refractivity contribution in [2.75, 3.05) is 19.0 Å². The molecule has 0 amide bonds. The second-order valence-electron chi connectivity index (χ2n) is 3.18. The Morgan fingerprint density at radius 1 is 1.28 bits per heavy atom. The number of benzene rings is 1. The minimum atomic E-state index is -1.15. The van der Waals surface area contributed by atoms with Crippen LogP contribution in [0.15, 0.2) is 28.5 Å². The predicted molar refractivity (Wildman–Crippen MR) is 62.8 cm³/mol. The molecule has 0 saturated heterocycles. The van der Waals surface area contributed by atoms with Gasteiger partial charge in [0, 0.05) is 0 Å². The van der Waals surface area contributed by atoms with Crippen LogP contribution in [0.5, 0.6) is 0 Å². The van der Waals surface area contributed by atoms with E-state index in [2.05, 4.69) is 21.1 Å². The number of carboxylic acids is 2. The molecule has 8 nitrogen and oxygen atoms in total. The molecule has 1 aromatic carbocycles. The van der Waals surface area contributed by atoms with E-state index < -0.39 is 11.9 Å². The average Bonchev–Trinajstić information content (AvgIpc) is 2.34. The molecule has 0 aliphatic carbocycles. The molecule has 8 heteroatoms. The normalized spacial score (nSPS) is 10.3. The van der Waals surface area contributed by atoms with Gasteiger partial charge in [0.05, 0.1) is 23.9 Å². The van der Waals surface area contributed by atoms with E-state index in [9.17, 15) is 9.59 Å². The minimum Gasteiger partial charge on any atom is -0.478 e. The van der Waals surface area contributed by atoms with Crippen molar-refractivity contribution >= 4 is 17.6 Å². The van der Waals surface area contributed by atoms with E-state index in [0.717, 1.165) is 0 Å². The molecule has 0 radical (unpaired) electrons. The van der Waals surface area contributed by atoms with E-state index in [0.29, 0.717) is 0 Å². The summed E-state index contributed by atoms with van der Waals surface area (Å²) in [7, 11) is 1.47. The number of carboxylic acid groups (broad SMARTS) is 2. The Balaban J connectivity index is 2.93. The lowest BCUT2D eigenvalue weighted by Gasteiger charge is -2.09. The summed E-state index contributed by atoms with van der Waals surface area (Å²) in [5, 5.41) is 27.4. The van der Waals surface area contributed by atoms with Crippen LogP contribution in [0.3, 0.4) is 0 Å². The molecule has 0 unspecified atom stereocenters. The van der Waals surface area contributed by atoms with Gasteiger partial charge < -0.3 is 15.5 Å². The molecule has 4 N–H and O–H groups in total. The Labute approximate surface area is 102 Å². The zero-order valence-corrected chi connectivity index (χ0v) is 9.54. The quantitative estimate of drug-likeness (QED) is 0.259. The van der Waals surface area contributed by atoms with Crippen LogP contribution in [0.1, 0.15) is 20.7 Å². The van der Waals surface area contributed by atoms with Gasteiger partial charge in [-0.05, 0) is 18.2 Å². The maximum atomic E-state index is 10.9. The highest BCUT2D eigenvalue weighted by molar-refractivity contribution is 5.97. The van der Waals surface area contributed by atoms with Gasteiger partial charge in [-0.15, -0.1) is 0 Å². The standard InChI is InChI=1S/C10H12N4O4/c1-11-14-13-5-12-8-4-6(9(15)16)2-3-7(8)10(17)18/h2-4,12H,5H2,1H3,(H,11,13)(H,15,16)(H,17,18). The molecule has 0 aromatic heterocycles. The number of hydrogen-bond acceptors (Lipinski definition) is 5. The van der Waals surface area contributed by atoms with Gasteiger partial charge in [-0.3, -0.25) is 5.43 Å². The maximum Gasteiger partial charge on any atom is 0.337 e. The van der Waals surface area contributed by atoms with Crippen molar-refractivity contribution in [3.05, 3.63) is 29.3 Å². The number of carbonyl (C=O) groups is 2. The van der Waals surface area contributed by atoms with Crippen molar-refractivity contribution in [3.8, 4) is 0 Å². The Bertz CT molecular complexity index is 487. The van der Waals surface area contributed by atoms with Crippen LogP contribution in [0.25, 0.3) is 0 Å². The smallest absolute Gasteiger partial charge is 0.337 e. The molecule has 1 rings (SSSR count). The molecule has 1 aromatic rings. The number of anilines is 1. The molecular formula is C10H12N4O4. The first-order valence-corrected chi connectivity index (χ1v) is 4.92. The van der Waals surface area contributed by atoms with Crippen LogP contribution in [0.2, 0.25) is 0 Å². The van der Waals surface area contributed by atoms with E-state index in [-0.39, 0.29) is 23.5 Å². The van der Waals surface area contributed by atoms with Gasteiger partial charge in [0.15, 0.2) is 0 Å². The lowest BCUT2D eigenvalue weighted by atomic mass is 10.1. The molecule has 0 heterocycles. The zero-order chi connectivity index (χ0) is 13.5. The van der Waals surface area contributed by atoms with Gasteiger partial charge in [0.25, 0.3) is 0 Å². The van der Waals surface area contributed by atoms with E-state index in [1.807, 2.05) is 0 Å².